The van der Waals surface area contributed by atoms with Gasteiger partial charge in [0.05, 0.1) is 0 Å². The molecular formula is C7H6F3NO. The molecular weight excluding hydrogens is 171 g/mol. The molecule has 0 saturated heterocycles. The molecule has 0 aliphatic carbocycles. The highest BCUT2D eigenvalue weighted by Gasteiger charge is 2.39. The van der Waals surface area contributed by atoms with Crippen molar-refractivity contribution in [3.05, 3.63) is 34.8 Å². The number of aromatic nitrogens is 1. The average molecular weight is 177 g/mol. The minimum atomic E-state index is -4.57. The van der Waals surface area contributed by atoms with E-state index in [-0.39, 0.29) is 4.73 Å². The van der Waals surface area contributed by atoms with E-state index in [0.29, 0.717) is 5.56 Å². The van der Waals surface area contributed by atoms with Crippen LogP contribution in [0.3, 0.4) is 0 Å². The number of aryl methyl sites for hydroxylation is 1. The summed E-state index contributed by atoms with van der Waals surface area (Å²) in [5.41, 5.74) is -0.689. The van der Waals surface area contributed by atoms with E-state index in [1.54, 1.807) is 6.92 Å². The first-order chi connectivity index (χ1) is 5.41. The van der Waals surface area contributed by atoms with E-state index in [9.17, 15) is 18.4 Å². The quantitative estimate of drug-likeness (QED) is 0.437. The number of pyridine rings is 1. The third-order valence-electron chi connectivity index (χ3n) is 1.35. The normalized spacial score (nSPS) is 11.7. The first kappa shape index (κ1) is 8.83. The third kappa shape index (κ3) is 1.66. The molecule has 1 heterocycles. The van der Waals surface area contributed by atoms with Crippen molar-refractivity contribution >= 4 is 0 Å². The molecule has 0 aliphatic heterocycles. The van der Waals surface area contributed by atoms with Crippen LogP contribution in [0.25, 0.3) is 0 Å². The molecule has 0 unspecified atom stereocenters. The lowest BCUT2D eigenvalue weighted by atomic mass is 10.3. The van der Waals surface area contributed by atoms with Crippen molar-refractivity contribution in [1.82, 2.24) is 0 Å². The summed E-state index contributed by atoms with van der Waals surface area (Å²) in [6.07, 6.45) is -3.68. The number of hydrogen-bond donors (Lipinski definition) is 0. The maximum absolute atomic E-state index is 12.0. The van der Waals surface area contributed by atoms with Gasteiger partial charge in [0.1, 0.15) is 0 Å². The molecule has 0 spiro atoms. The summed E-state index contributed by atoms with van der Waals surface area (Å²) in [4.78, 5) is 0. The first-order valence-electron chi connectivity index (χ1n) is 3.18. The maximum atomic E-state index is 12.0. The van der Waals surface area contributed by atoms with Crippen LogP contribution in [-0.2, 0) is 6.18 Å². The van der Waals surface area contributed by atoms with E-state index in [0.717, 1.165) is 12.3 Å². The molecule has 12 heavy (non-hydrogen) atoms. The van der Waals surface area contributed by atoms with Crippen LogP contribution in [0.15, 0.2) is 18.3 Å². The molecule has 0 aliphatic rings. The van der Waals surface area contributed by atoms with Crippen LogP contribution in [0.4, 0.5) is 13.2 Å². The first-order valence-corrected chi connectivity index (χ1v) is 3.18. The molecule has 0 saturated carbocycles. The van der Waals surface area contributed by atoms with Gasteiger partial charge in [0, 0.05) is 11.6 Å². The summed E-state index contributed by atoms with van der Waals surface area (Å²) in [6, 6.07) is 2.01. The minimum Gasteiger partial charge on any atom is -0.618 e. The van der Waals surface area contributed by atoms with Gasteiger partial charge >= 0.3 is 6.18 Å². The predicted molar refractivity (Wildman–Crippen MR) is 35.1 cm³/mol. The lowest BCUT2D eigenvalue weighted by molar-refractivity contribution is -0.629. The molecule has 5 heteroatoms. The van der Waals surface area contributed by atoms with E-state index in [2.05, 4.69) is 0 Å². The van der Waals surface area contributed by atoms with Crippen LogP contribution in [-0.4, -0.2) is 0 Å². The maximum Gasteiger partial charge on any atom is 0.478 e. The monoisotopic (exact) mass is 177 g/mol. The highest BCUT2D eigenvalue weighted by atomic mass is 19.4. The zero-order chi connectivity index (χ0) is 9.35. The summed E-state index contributed by atoms with van der Waals surface area (Å²) in [7, 11) is 0. The van der Waals surface area contributed by atoms with Gasteiger partial charge in [0.2, 0.25) is 0 Å². The van der Waals surface area contributed by atoms with Gasteiger partial charge in [-0.2, -0.15) is 17.9 Å². The Balaban J connectivity index is 3.19. The Kier molecular flexibility index (Phi) is 1.95. The van der Waals surface area contributed by atoms with Crippen LogP contribution < -0.4 is 4.73 Å². The number of hydrogen-bond acceptors (Lipinski definition) is 1. The second kappa shape index (κ2) is 2.66. The fourth-order valence-corrected chi connectivity index (χ4v) is 0.801. The van der Waals surface area contributed by atoms with Gasteiger partial charge in [-0.1, -0.05) is 0 Å². The van der Waals surface area contributed by atoms with Crippen molar-refractivity contribution in [2.75, 3.05) is 0 Å². The number of alkyl halides is 3. The lowest BCUT2D eigenvalue weighted by Gasteiger charge is -2.06. The third-order valence-corrected chi connectivity index (χ3v) is 1.35. The summed E-state index contributed by atoms with van der Waals surface area (Å²) in [5, 5.41) is 10.7. The summed E-state index contributed by atoms with van der Waals surface area (Å²) in [6.45, 7) is 1.55. The molecule has 0 atom stereocenters. The van der Waals surface area contributed by atoms with E-state index in [1.807, 2.05) is 0 Å². The van der Waals surface area contributed by atoms with Crippen molar-refractivity contribution in [3.63, 3.8) is 0 Å². The lowest BCUT2D eigenvalue weighted by Crippen LogP contribution is -2.36. The minimum absolute atomic E-state index is 0.171. The smallest absolute Gasteiger partial charge is 0.478 e. The highest BCUT2D eigenvalue weighted by Crippen LogP contribution is 2.25. The molecule has 1 rings (SSSR count). The van der Waals surface area contributed by atoms with E-state index in [4.69, 9.17) is 0 Å². The highest BCUT2D eigenvalue weighted by molar-refractivity contribution is 5.09. The Morgan fingerprint density at radius 3 is 2.33 bits per heavy atom. The van der Waals surface area contributed by atoms with Crippen LogP contribution in [0.1, 0.15) is 11.3 Å². The Hall–Kier alpha value is -1.26. The van der Waals surface area contributed by atoms with E-state index in [1.165, 1.54) is 6.07 Å². The van der Waals surface area contributed by atoms with Gasteiger partial charge in [-0.15, -0.1) is 0 Å². The van der Waals surface area contributed by atoms with E-state index < -0.39 is 11.9 Å². The second-order valence-corrected chi connectivity index (χ2v) is 2.42. The summed E-state index contributed by atoms with van der Waals surface area (Å²) < 4.78 is 35.7. The fourth-order valence-electron chi connectivity index (χ4n) is 0.801. The van der Waals surface area contributed by atoms with Crippen LogP contribution >= 0.6 is 0 Å². The predicted octanol–water partition coefficient (Wildman–Crippen LogP) is 1.65. The standard InChI is InChI=1S/C7H6F3NO/c1-5-2-3-6(7(8,9)10)11(12)4-5/h2-4H,1H3. The van der Waals surface area contributed by atoms with Crippen molar-refractivity contribution in [2.45, 2.75) is 13.1 Å². The van der Waals surface area contributed by atoms with Gasteiger partial charge in [-0.3, -0.25) is 0 Å². The zero-order valence-corrected chi connectivity index (χ0v) is 6.22. The molecule has 1 aromatic rings. The van der Waals surface area contributed by atoms with Crippen LogP contribution in [0, 0.1) is 12.1 Å². The van der Waals surface area contributed by atoms with Crippen molar-refractivity contribution in [2.24, 2.45) is 0 Å². The number of halogens is 3. The zero-order valence-electron chi connectivity index (χ0n) is 6.22. The Morgan fingerprint density at radius 1 is 1.33 bits per heavy atom. The molecule has 1 aromatic heterocycles. The molecule has 66 valence electrons. The summed E-state index contributed by atoms with van der Waals surface area (Å²) >= 11 is 0. The fraction of sp³-hybridized carbons (Fsp3) is 0.286. The topological polar surface area (TPSA) is 26.9 Å². The second-order valence-electron chi connectivity index (χ2n) is 2.42. The van der Waals surface area contributed by atoms with Crippen molar-refractivity contribution in [1.29, 1.82) is 0 Å². The van der Waals surface area contributed by atoms with Gasteiger partial charge in [-0.25, -0.2) is 0 Å². The van der Waals surface area contributed by atoms with Crippen LogP contribution in [0.5, 0.6) is 0 Å². The molecule has 2 nitrogen and oxygen atoms in total. The molecule has 0 bridgehead atoms. The van der Waals surface area contributed by atoms with Gasteiger partial charge < -0.3 is 5.21 Å². The molecule has 0 aromatic carbocycles. The summed E-state index contributed by atoms with van der Waals surface area (Å²) in [5.74, 6) is 0. The Bertz CT molecular complexity index is 295. The molecule has 0 amide bonds. The van der Waals surface area contributed by atoms with E-state index >= 15 is 0 Å². The Labute approximate surface area is 66.8 Å². The number of nitrogens with zero attached hydrogens (tertiary/aromatic N) is 1. The Morgan fingerprint density at radius 2 is 1.92 bits per heavy atom. The average Bonchev–Trinajstić information content (AvgIpc) is 1.83. The number of rotatable bonds is 0. The SMILES string of the molecule is Cc1ccc(C(F)(F)F)[n+]([O-])c1. The van der Waals surface area contributed by atoms with Crippen molar-refractivity contribution in [3.8, 4) is 0 Å². The van der Waals surface area contributed by atoms with Gasteiger partial charge in [0.25, 0.3) is 5.69 Å². The van der Waals surface area contributed by atoms with Crippen LogP contribution in [0.2, 0.25) is 0 Å². The molecule has 0 fully saturated rings. The molecule has 0 radical (unpaired) electrons. The molecule has 0 N–H and O–H groups in total. The van der Waals surface area contributed by atoms with Crippen molar-refractivity contribution < 1.29 is 17.9 Å². The van der Waals surface area contributed by atoms with Gasteiger partial charge in [-0.05, 0) is 13.0 Å². The largest absolute Gasteiger partial charge is 0.618 e. The van der Waals surface area contributed by atoms with Gasteiger partial charge in [0.15, 0.2) is 6.20 Å².